The van der Waals surface area contributed by atoms with Crippen molar-refractivity contribution in [2.45, 2.75) is 58.2 Å². The lowest BCUT2D eigenvalue weighted by Gasteiger charge is -2.32. The minimum Gasteiger partial charge on any atom is -0.497 e. The van der Waals surface area contributed by atoms with Crippen LogP contribution in [-0.2, 0) is 18.8 Å². The minimum absolute atomic E-state index is 0.0421. The van der Waals surface area contributed by atoms with E-state index in [0.29, 0.717) is 6.61 Å². The largest absolute Gasteiger partial charge is 0.498 e. The Kier molecular flexibility index (Phi) is 4.62. The van der Waals surface area contributed by atoms with Crippen LogP contribution < -0.4 is 10.2 Å². The lowest BCUT2D eigenvalue weighted by atomic mass is 9.77. The van der Waals surface area contributed by atoms with Gasteiger partial charge in [-0.25, -0.2) is 0 Å². The Labute approximate surface area is 150 Å². The highest BCUT2D eigenvalue weighted by Crippen LogP contribution is 2.48. The van der Waals surface area contributed by atoms with Gasteiger partial charge in [-0.2, -0.15) is 0 Å². The Morgan fingerprint density at radius 1 is 1.24 bits per heavy atom. The van der Waals surface area contributed by atoms with Crippen molar-refractivity contribution in [2.24, 2.45) is 5.92 Å². The molecule has 6 heteroatoms. The van der Waals surface area contributed by atoms with Crippen molar-refractivity contribution in [1.29, 1.82) is 0 Å². The van der Waals surface area contributed by atoms with E-state index in [0.717, 1.165) is 23.2 Å². The van der Waals surface area contributed by atoms with E-state index in [-0.39, 0.29) is 17.8 Å². The number of hydrogen-bond acceptors (Lipinski definition) is 5. The molecular formula is C19H27BO5. The van der Waals surface area contributed by atoms with Crippen LogP contribution in [0.2, 0.25) is 0 Å². The summed E-state index contributed by atoms with van der Waals surface area (Å²) in [6, 6.07) is 5.98. The van der Waals surface area contributed by atoms with Gasteiger partial charge in [-0.3, -0.25) is 4.79 Å². The summed E-state index contributed by atoms with van der Waals surface area (Å²) < 4.78 is 23.0. The fraction of sp³-hybridized carbons (Fsp3) is 0.632. The van der Waals surface area contributed by atoms with Gasteiger partial charge >= 0.3 is 13.1 Å². The first-order valence-electron chi connectivity index (χ1n) is 8.90. The van der Waals surface area contributed by atoms with E-state index in [1.807, 2.05) is 52.8 Å². The fourth-order valence-electron chi connectivity index (χ4n) is 3.21. The lowest BCUT2D eigenvalue weighted by molar-refractivity contribution is -0.144. The molecule has 3 rings (SSSR count). The number of carbonyl (C=O) groups excluding carboxylic acids is 1. The molecule has 0 radical (unpaired) electrons. The number of carbonyl (C=O) groups is 1. The van der Waals surface area contributed by atoms with Crippen LogP contribution in [0.5, 0.6) is 5.75 Å². The SMILES string of the molecule is CCOC(=O)[C@@H]1C[C@@H]1c1ccc(OC)c(B2OC(C)(C)C(C)(C)O2)c1. The average molecular weight is 346 g/mol. The van der Waals surface area contributed by atoms with Crippen LogP contribution >= 0.6 is 0 Å². The van der Waals surface area contributed by atoms with Gasteiger partial charge in [0.15, 0.2) is 0 Å². The highest BCUT2D eigenvalue weighted by molar-refractivity contribution is 6.63. The molecule has 1 heterocycles. The van der Waals surface area contributed by atoms with Gasteiger partial charge in [0.1, 0.15) is 5.75 Å². The molecule has 1 aromatic carbocycles. The smallest absolute Gasteiger partial charge is 0.497 e. The van der Waals surface area contributed by atoms with Gasteiger partial charge in [0.05, 0.1) is 30.8 Å². The normalized spacial score (nSPS) is 26.4. The molecule has 0 spiro atoms. The maximum atomic E-state index is 11.9. The number of ether oxygens (including phenoxy) is 2. The van der Waals surface area contributed by atoms with E-state index in [9.17, 15) is 4.79 Å². The summed E-state index contributed by atoms with van der Waals surface area (Å²) in [7, 11) is 1.15. The number of benzene rings is 1. The van der Waals surface area contributed by atoms with Crippen molar-refractivity contribution >= 4 is 18.6 Å². The third kappa shape index (κ3) is 3.29. The molecule has 0 amide bonds. The van der Waals surface area contributed by atoms with Crippen LogP contribution in [-0.4, -0.2) is 38.0 Å². The Hall–Kier alpha value is -1.53. The molecule has 136 valence electrons. The molecule has 2 atom stereocenters. The van der Waals surface area contributed by atoms with E-state index in [1.54, 1.807) is 7.11 Å². The summed E-state index contributed by atoms with van der Waals surface area (Å²) in [5.74, 6) is 0.779. The number of esters is 1. The molecule has 0 aromatic heterocycles. The first-order valence-corrected chi connectivity index (χ1v) is 8.90. The van der Waals surface area contributed by atoms with Crippen molar-refractivity contribution in [3.8, 4) is 5.75 Å². The highest BCUT2D eigenvalue weighted by atomic mass is 16.7. The van der Waals surface area contributed by atoms with Gasteiger partial charge in [-0.05, 0) is 58.6 Å². The number of hydrogen-bond donors (Lipinski definition) is 0. The second-order valence-electron chi connectivity index (χ2n) is 7.79. The molecule has 2 aliphatic rings. The Bertz CT molecular complexity index is 654. The van der Waals surface area contributed by atoms with Gasteiger partial charge < -0.3 is 18.8 Å². The van der Waals surface area contributed by atoms with Crippen LogP contribution in [0.4, 0.5) is 0 Å². The first-order chi connectivity index (χ1) is 11.7. The zero-order chi connectivity index (χ0) is 18.4. The average Bonchev–Trinajstić information content (AvgIpc) is 3.30. The lowest BCUT2D eigenvalue weighted by Crippen LogP contribution is -2.41. The summed E-state index contributed by atoms with van der Waals surface area (Å²) in [6.45, 7) is 10.4. The van der Waals surface area contributed by atoms with Gasteiger partial charge in [-0.15, -0.1) is 0 Å². The van der Waals surface area contributed by atoms with E-state index in [4.69, 9.17) is 18.8 Å². The van der Waals surface area contributed by atoms with Crippen LogP contribution in [0, 0.1) is 5.92 Å². The van der Waals surface area contributed by atoms with Gasteiger partial charge in [-0.1, -0.05) is 12.1 Å². The summed E-state index contributed by atoms with van der Waals surface area (Å²) in [4.78, 5) is 11.9. The van der Waals surface area contributed by atoms with Gasteiger partial charge in [0.2, 0.25) is 0 Å². The Morgan fingerprint density at radius 2 is 1.88 bits per heavy atom. The third-order valence-corrected chi connectivity index (χ3v) is 5.57. The molecule has 1 aliphatic carbocycles. The molecule has 5 nitrogen and oxygen atoms in total. The van der Waals surface area contributed by atoms with Crippen molar-refractivity contribution in [3.63, 3.8) is 0 Å². The molecule has 25 heavy (non-hydrogen) atoms. The molecule has 1 aromatic rings. The predicted molar refractivity (Wildman–Crippen MR) is 96.2 cm³/mol. The van der Waals surface area contributed by atoms with Gasteiger partial charge in [0, 0.05) is 5.46 Å². The molecule has 1 saturated carbocycles. The fourth-order valence-corrected chi connectivity index (χ4v) is 3.21. The van der Waals surface area contributed by atoms with Crippen LogP contribution in [0.15, 0.2) is 18.2 Å². The Balaban J connectivity index is 1.84. The second kappa shape index (κ2) is 6.33. The standard InChI is InChI=1S/C19H27BO5/c1-7-23-17(21)14-11-13(14)12-8-9-16(22-6)15(10-12)20-24-18(2,3)19(4,5)25-20/h8-10,13-14H,7,11H2,1-6H3/t13-,14-/m1/s1. The molecular weight excluding hydrogens is 319 g/mol. The van der Waals surface area contributed by atoms with Crippen molar-refractivity contribution < 1.29 is 23.6 Å². The number of methoxy groups -OCH3 is 1. The zero-order valence-corrected chi connectivity index (χ0v) is 15.9. The maximum Gasteiger partial charge on any atom is 0.498 e. The van der Waals surface area contributed by atoms with Crippen LogP contribution in [0.25, 0.3) is 0 Å². The minimum atomic E-state index is -0.486. The monoisotopic (exact) mass is 346 g/mol. The summed E-state index contributed by atoms with van der Waals surface area (Å²) in [5.41, 5.74) is 1.15. The van der Waals surface area contributed by atoms with E-state index in [1.165, 1.54) is 0 Å². The van der Waals surface area contributed by atoms with Crippen molar-refractivity contribution in [1.82, 2.24) is 0 Å². The second-order valence-corrected chi connectivity index (χ2v) is 7.79. The number of rotatable bonds is 5. The van der Waals surface area contributed by atoms with Crippen LogP contribution in [0.3, 0.4) is 0 Å². The molecule has 0 bridgehead atoms. The van der Waals surface area contributed by atoms with Crippen molar-refractivity contribution in [2.75, 3.05) is 13.7 Å². The molecule has 1 saturated heterocycles. The molecule has 0 N–H and O–H groups in total. The molecule has 2 fully saturated rings. The maximum absolute atomic E-state index is 11.9. The molecule has 1 aliphatic heterocycles. The topological polar surface area (TPSA) is 54.0 Å². The predicted octanol–water partition coefficient (Wildman–Crippen LogP) is 2.66. The Morgan fingerprint density at radius 3 is 2.44 bits per heavy atom. The highest BCUT2D eigenvalue weighted by Gasteiger charge is 2.53. The van der Waals surface area contributed by atoms with Crippen LogP contribution in [0.1, 0.15) is 52.5 Å². The third-order valence-electron chi connectivity index (χ3n) is 5.57. The van der Waals surface area contributed by atoms with E-state index in [2.05, 4.69) is 0 Å². The summed E-state index contributed by atoms with van der Waals surface area (Å²) in [6.07, 6.45) is 0.827. The van der Waals surface area contributed by atoms with Crippen molar-refractivity contribution in [3.05, 3.63) is 23.8 Å². The zero-order valence-electron chi connectivity index (χ0n) is 15.9. The van der Waals surface area contributed by atoms with E-state index >= 15 is 0 Å². The first kappa shape index (κ1) is 18.3. The summed E-state index contributed by atoms with van der Waals surface area (Å²) in [5, 5.41) is 0. The van der Waals surface area contributed by atoms with Gasteiger partial charge in [0.25, 0.3) is 0 Å². The molecule has 0 unspecified atom stereocenters. The van der Waals surface area contributed by atoms with E-state index < -0.39 is 18.3 Å². The quantitative estimate of drug-likeness (QED) is 0.606. The summed E-state index contributed by atoms with van der Waals surface area (Å²) >= 11 is 0.